The van der Waals surface area contributed by atoms with Crippen molar-refractivity contribution in [3.05, 3.63) is 59.2 Å². The second-order valence-corrected chi connectivity index (χ2v) is 6.29. The minimum absolute atomic E-state index is 0.118. The molecule has 4 heteroatoms. The molecule has 0 aliphatic heterocycles. The molecule has 1 atom stereocenters. The lowest BCUT2D eigenvalue weighted by atomic mass is 10.1. The summed E-state index contributed by atoms with van der Waals surface area (Å²) in [6.45, 7) is 8.88. The van der Waals surface area contributed by atoms with Crippen molar-refractivity contribution < 1.29 is 14.3 Å². The third kappa shape index (κ3) is 6.14. The number of benzene rings is 2. The number of carbonyl (C=O) groups excluding carboxylic acids is 1. The smallest absolute Gasteiger partial charge is 0.261 e. The van der Waals surface area contributed by atoms with Crippen LogP contribution in [0.25, 0.3) is 0 Å². The maximum atomic E-state index is 12.3. The fraction of sp³-hybridized carbons (Fsp3) is 0.381. The van der Waals surface area contributed by atoms with Crippen molar-refractivity contribution in [1.82, 2.24) is 5.32 Å². The average Bonchev–Trinajstić information content (AvgIpc) is 2.55. The molecule has 1 N–H and O–H groups in total. The van der Waals surface area contributed by atoms with Crippen LogP contribution in [0.15, 0.2) is 42.5 Å². The van der Waals surface area contributed by atoms with Crippen molar-refractivity contribution in [1.29, 1.82) is 0 Å². The molecule has 134 valence electrons. The van der Waals surface area contributed by atoms with Gasteiger partial charge in [-0.05, 0) is 68.1 Å². The van der Waals surface area contributed by atoms with E-state index in [0.29, 0.717) is 25.3 Å². The number of aryl methyl sites for hydroxylation is 3. The summed E-state index contributed by atoms with van der Waals surface area (Å²) in [5, 5.41) is 2.88. The summed E-state index contributed by atoms with van der Waals surface area (Å²) >= 11 is 0. The summed E-state index contributed by atoms with van der Waals surface area (Å²) in [6.07, 6.45) is 0.112. The Kier molecular flexibility index (Phi) is 6.87. The molecule has 2 aromatic carbocycles. The zero-order chi connectivity index (χ0) is 18.2. The van der Waals surface area contributed by atoms with Crippen molar-refractivity contribution in [2.75, 3.05) is 13.2 Å². The van der Waals surface area contributed by atoms with Crippen LogP contribution < -0.4 is 14.8 Å². The summed E-state index contributed by atoms with van der Waals surface area (Å²) in [5.74, 6) is 1.43. The first-order valence-corrected chi connectivity index (χ1v) is 8.70. The molecule has 25 heavy (non-hydrogen) atoms. The van der Waals surface area contributed by atoms with Crippen LogP contribution in [0.5, 0.6) is 11.5 Å². The van der Waals surface area contributed by atoms with E-state index >= 15 is 0 Å². The van der Waals surface area contributed by atoms with Gasteiger partial charge in [0, 0.05) is 0 Å². The van der Waals surface area contributed by atoms with Gasteiger partial charge in [0.2, 0.25) is 0 Å². The molecular weight excluding hydrogens is 314 g/mol. The maximum absolute atomic E-state index is 12.3. The largest absolute Gasteiger partial charge is 0.492 e. The molecule has 0 unspecified atom stereocenters. The number of rotatable bonds is 8. The SMILES string of the molecule is CC[C@H](Oc1cccc(C)c1)C(=O)NCCOc1cc(C)cc(C)c1. The van der Waals surface area contributed by atoms with Crippen LogP contribution in [0.3, 0.4) is 0 Å². The molecule has 4 nitrogen and oxygen atoms in total. The van der Waals surface area contributed by atoms with E-state index in [4.69, 9.17) is 9.47 Å². The lowest BCUT2D eigenvalue weighted by molar-refractivity contribution is -0.128. The van der Waals surface area contributed by atoms with Crippen LogP contribution in [0.2, 0.25) is 0 Å². The number of ether oxygens (including phenoxy) is 2. The van der Waals surface area contributed by atoms with E-state index in [1.54, 1.807) is 0 Å². The van der Waals surface area contributed by atoms with Crippen LogP contribution in [0.4, 0.5) is 0 Å². The van der Waals surface area contributed by atoms with Gasteiger partial charge in [-0.25, -0.2) is 0 Å². The van der Waals surface area contributed by atoms with Gasteiger partial charge >= 0.3 is 0 Å². The molecule has 0 fully saturated rings. The molecule has 0 saturated heterocycles. The zero-order valence-electron chi connectivity index (χ0n) is 15.5. The van der Waals surface area contributed by atoms with Gasteiger partial charge in [0.25, 0.3) is 5.91 Å². The van der Waals surface area contributed by atoms with Crippen LogP contribution in [-0.4, -0.2) is 25.2 Å². The van der Waals surface area contributed by atoms with Crippen LogP contribution in [0.1, 0.15) is 30.0 Å². The van der Waals surface area contributed by atoms with E-state index in [9.17, 15) is 4.79 Å². The third-order valence-electron chi connectivity index (χ3n) is 3.80. The Morgan fingerprint density at radius 1 is 1.00 bits per heavy atom. The molecule has 0 aliphatic carbocycles. The Bertz CT molecular complexity index is 692. The quantitative estimate of drug-likeness (QED) is 0.739. The second kappa shape index (κ2) is 9.11. The Labute approximate surface area is 150 Å². The van der Waals surface area contributed by atoms with Crippen molar-refractivity contribution in [3.63, 3.8) is 0 Å². The number of nitrogens with one attached hydrogen (secondary N) is 1. The molecule has 0 bridgehead atoms. The van der Waals surface area contributed by atoms with Gasteiger partial charge in [-0.15, -0.1) is 0 Å². The van der Waals surface area contributed by atoms with E-state index in [2.05, 4.69) is 11.4 Å². The van der Waals surface area contributed by atoms with Crippen molar-refractivity contribution in [2.24, 2.45) is 0 Å². The summed E-state index contributed by atoms with van der Waals surface area (Å²) < 4.78 is 11.5. The predicted octanol–water partition coefficient (Wildman–Crippen LogP) is 3.96. The summed E-state index contributed by atoms with van der Waals surface area (Å²) in [6, 6.07) is 13.8. The molecule has 0 heterocycles. The lowest BCUT2D eigenvalue weighted by Gasteiger charge is -2.17. The van der Waals surface area contributed by atoms with E-state index in [-0.39, 0.29) is 5.91 Å². The standard InChI is InChI=1S/C21H27NO3/c1-5-20(25-18-8-6-7-15(2)12-18)21(23)22-9-10-24-19-13-16(3)11-17(4)14-19/h6-8,11-14,20H,5,9-10H2,1-4H3,(H,22,23)/t20-/m0/s1. The van der Waals surface area contributed by atoms with Gasteiger partial charge in [0.15, 0.2) is 6.10 Å². The molecule has 0 saturated carbocycles. The number of hydrogen-bond acceptors (Lipinski definition) is 3. The Morgan fingerprint density at radius 2 is 1.68 bits per heavy atom. The zero-order valence-corrected chi connectivity index (χ0v) is 15.5. The summed E-state index contributed by atoms with van der Waals surface area (Å²) in [7, 11) is 0. The maximum Gasteiger partial charge on any atom is 0.261 e. The van der Waals surface area contributed by atoms with Crippen LogP contribution >= 0.6 is 0 Å². The van der Waals surface area contributed by atoms with E-state index in [1.807, 2.05) is 64.1 Å². The van der Waals surface area contributed by atoms with Gasteiger partial charge in [0.05, 0.1) is 6.54 Å². The van der Waals surface area contributed by atoms with Crippen LogP contribution in [-0.2, 0) is 4.79 Å². The van der Waals surface area contributed by atoms with Gasteiger partial charge in [0.1, 0.15) is 18.1 Å². The molecule has 0 aromatic heterocycles. The van der Waals surface area contributed by atoms with Gasteiger partial charge in [-0.3, -0.25) is 4.79 Å². The normalized spacial score (nSPS) is 11.7. The van der Waals surface area contributed by atoms with Crippen LogP contribution in [0, 0.1) is 20.8 Å². The molecule has 0 spiro atoms. The highest BCUT2D eigenvalue weighted by atomic mass is 16.5. The molecule has 1 amide bonds. The van der Waals surface area contributed by atoms with Gasteiger partial charge in [-0.1, -0.05) is 25.1 Å². The molecule has 0 radical (unpaired) electrons. The molecule has 2 rings (SSSR count). The fourth-order valence-corrected chi connectivity index (χ4v) is 2.65. The Hall–Kier alpha value is -2.49. The molecular formula is C21H27NO3. The topological polar surface area (TPSA) is 47.6 Å². The summed E-state index contributed by atoms with van der Waals surface area (Å²) in [4.78, 5) is 12.3. The average molecular weight is 341 g/mol. The van der Waals surface area contributed by atoms with E-state index in [1.165, 1.54) is 0 Å². The van der Waals surface area contributed by atoms with E-state index in [0.717, 1.165) is 22.4 Å². The van der Waals surface area contributed by atoms with E-state index < -0.39 is 6.10 Å². The minimum Gasteiger partial charge on any atom is -0.492 e. The number of carbonyl (C=O) groups is 1. The lowest BCUT2D eigenvalue weighted by Crippen LogP contribution is -2.39. The van der Waals surface area contributed by atoms with Gasteiger partial charge < -0.3 is 14.8 Å². The number of amides is 1. The highest BCUT2D eigenvalue weighted by molar-refractivity contribution is 5.81. The Morgan fingerprint density at radius 3 is 2.32 bits per heavy atom. The first-order valence-electron chi connectivity index (χ1n) is 8.70. The van der Waals surface area contributed by atoms with Crippen molar-refractivity contribution in [2.45, 2.75) is 40.2 Å². The second-order valence-electron chi connectivity index (χ2n) is 6.29. The van der Waals surface area contributed by atoms with Crippen molar-refractivity contribution >= 4 is 5.91 Å². The monoisotopic (exact) mass is 341 g/mol. The highest BCUT2D eigenvalue weighted by Gasteiger charge is 2.17. The molecule has 2 aromatic rings. The first-order chi connectivity index (χ1) is 12.0. The summed E-state index contributed by atoms with van der Waals surface area (Å²) in [5.41, 5.74) is 3.43. The predicted molar refractivity (Wildman–Crippen MR) is 100 cm³/mol. The highest BCUT2D eigenvalue weighted by Crippen LogP contribution is 2.16. The minimum atomic E-state index is -0.497. The first kappa shape index (κ1) is 18.8. The van der Waals surface area contributed by atoms with Gasteiger partial charge in [-0.2, -0.15) is 0 Å². The third-order valence-corrected chi connectivity index (χ3v) is 3.80. The molecule has 0 aliphatic rings. The van der Waals surface area contributed by atoms with Crippen molar-refractivity contribution in [3.8, 4) is 11.5 Å². The fourth-order valence-electron chi connectivity index (χ4n) is 2.65. The Balaban J connectivity index is 1.79. The number of hydrogen-bond donors (Lipinski definition) is 1.